The van der Waals surface area contributed by atoms with Crippen LogP contribution in [-0.2, 0) is 0 Å². The minimum atomic E-state index is -0.420. The minimum Gasteiger partial charge on any atom is -0.494 e. The van der Waals surface area contributed by atoms with Crippen molar-refractivity contribution in [1.82, 2.24) is 14.9 Å². The maximum absolute atomic E-state index is 11.4. The number of nitro benzene ring substituents is 1. The van der Waals surface area contributed by atoms with Crippen molar-refractivity contribution in [2.24, 2.45) is 0 Å². The zero-order valence-electron chi connectivity index (χ0n) is 21.9. The van der Waals surface area contributed by atoms with Crippen LogP contribution in [0, 0.1) is 37.8 Å². The Labute approximate surface area is 227 Å². The van der Waals surface area contributed by atoms with Crippen molar-refractivity contribution in [3.05, 3.63) is 111 Å². The first-order chi connectivity index (χ1) is 18.2. The maximum atomic E-state index is 11.4. The van der Waals surface area contributed by atoms with Crippen LogP contribution in [0.4, 0.5) is 11.4 Å². The maximum Gasteiger partial charge on any atom is 0.273 e. The summed E-state index contributed by atoms with van der Waals surface area (Å²) in [5.41, 5.74) is 8.05. The van der Waals surface area contributed by atoms with Gasteiger partial charge in [0.25, 0.3) is 5.69 Å². The molecule has 0 amide bonds. The summed E-state index contributed by atoms with van der Waals surface area (Å²) in [5, 5.41) is 15.5. The van der Waals surface area contributed by atoms with E-state index in [2.05, 4.69) is 64.8 Å². The topological polar surface area (TPSA) is 85.5 Å². The number of thiocarbonyl (C=S) groups is 1. The van der Waals surface area contributed by atoms with Crippen molar-refractivity contribution < 1.29 is 9.66 Å². The van der Waals surface area contributed by atoms with Crippen LogP contribution in [0.5, 0.6) is 5.75 Å². The predicted octanol–water partition coefficient (Wildman–Crippen LogP) is 6.20. The Morgan fingerprint density at radius 1 is 1.03 bits per heavy atom. The van der Waals surface area contributed by atoms with Crippen molar-refractivity contribution in [1.29, 1.82) is 0 Å². The Morgan fingerprint density at radius 3 is 2.47 bits per heavy atom. The number of hydrogen-bond donors (Lipinski definition) is 1. The molecule has 0 spiro atoms. The smallest absolute Gasteiger partial charge is 0.273 e. The Morgan fingerprint density at radius 2 is 1.82 bits per heavy atom. The molecule has 8 nitrogen and oxygen atoms in total. The summed E-state index contributed by atoms with van der Waals surface area (Å²) in [4.78, 5) is 17.8. The van der Waals surface area contributed by atoms with Crippen molar-refractivity contribution in [3.8, 4) is 11.4 Å². The second-order valence-electron chi connectivity index (χ2n) is 9.54. The fourth-order valence-electron chi connectivity index (χ4n) is 5.25. The van der Waals surface area contributed by atoms with E-state index in [1.807, 2.05) is 25.1 Å². The minimum absolute atomic E-state index is 0.0187. The van der Waals surface area contributed by atoms with E-state index in [0.717, 1.165) is 34.0 Å². The fraction of sp³-hybridized carbons (Fsp3) is 0.241. The number of hydrogen-bond acceptors (Lipinski definition) is 5. The molecule has 2 aromatic heterocycles. The lowest BCUT2D eigenvalue weighted by Gasteiger charge is -2.28. The second kappa shape index (κ2) is 9.90. The van der Waals surface area contributed by atoms with Gasteiger partial charge in [-0.1, -0.05) is 12.1 Å². The van der Waals surface area contributed by atoms with Crippen molar-refractivity contribution >= 4 is 28.7 Å². The number of benzene rings is 2. The number of nitro groups is 1. The number of aryl methyl sites for hydroxylation is 3. The van der Waals surface area contributed by atoms with Crippen LogP contribution in [0.25, 0.3) is 5.69 Å². The van der Waals surface area contributed by atoms with Crippen molar-refractivity contribution in [3.63, 3.8) is 0 Å². The van der Waals surface area contributed by atoms with E-state index in [1.54, 1.807) is 12.3 Å². The number of pyridine rings is 1. The fourth-order valence-corrected chi connectivity index (χ4v) is 5.59. The molecule has 0 radical (unpaired) electrons. The highest BCUT2D eigenvalue weighted by atomic mass is 32.1. The van der Waals surface area contributed by atoms with E-state index in [9.17, 15) is 10.1 Å². The summed E-state index contributed by atoms with van der Waals surface area (Å²) in [6, 6.07) is 18.8. The summed E-state index contributed by atoms with van der Waals surface area (Å²) >= 11 is 5.90. The van der Waals surface area contributed by atoms with Gasteiger partial charge in [0.05, 0.1) is 41.6 Å². The molecule has 1 aliphatic heterocycles. The third-order valence-corrected chi connectivity index (χ3v) is 7.59. The van der Waals surface area contributed by atoms with E-state index in [-0.39, 0.29) is 17.8 Å². The number of nitrogens with one attached hydrogen (secondary N) is 1. The molecule has 1 fully saturated rings. The Kier molecular flexibility index (Phi) is 6.62. The van der Waals surface area contributed by atoms with Gasteiger partial charge in [-0.3, -0.25) is 15.1 Å². The molecule has 2 aromatic carbocycles. The molecule has 4 aromatic rings. The highest BCUT2D eigenvalue weighted by molar-refractivity contribution is 7.80. The third kappa shape index (κ3) is 4.28. The van der Waals surface area contributed by atoms with E-state index >= 15 is 0 Å². The molecule has 1 saturated heterocycles. The lowest BCUT2D eigenvalue weighted by atomic mass is 9.96. The molecule has 0 saturated carbocycles. The summed E-state index contributed by atoms with van der Waals surface area (Å²) in [6.45, 7) is 8.27. The summed E-state index contributed by atoms with van der Waals surface area (Å²) < 4.78 is 7.66. The first-order valence-corrected chi connectivity index (χ1v) is 12.7. The number of anilines is 1. The number of methoxy groups -OCH3 is 1. The molecule has 0 aliphatic carbocycles. The molecule has 194 valence electrons. The van der Waals surface area contributed by atoms with Gasteiger partial charge in [-0.2, -0.15) is 0 Å². The predicted molar refractivity (Wildman–Crippen MR) is 152 cm³/mol. The van der Waals surface area contributed by atoms with Gasteiger partial charge in [-0.05, 0) is 93.0 Å². The average Bonchev–Trinajstić information content (AvgIpc) is 3.40. The monoisotopic (exact) mass is 527 g/mol. The van der Waals surface area contributed by atoms with E-state index in [0.29, 0.717) is 10.9 Å². The molecule has 2 atom stereocenters. The van der Waals surface area contributed by atoms with Crippen molar-refractivity contribution in [2.45, 2.75) is 39.8 Å². The molecule has 5 rings (SSSR count). The molecule has 9 heteroatoms. The van der Waals surface area contributed by atoms with Crippen LogP contribution in [0.1, 0.15) is 45.9 Å². The molecule has 1 aliphatic rings. The van der Waals surface area contributed by atoms with Crippen LogP contribution in [-0.4, -0.2) is 26.7 Å². The van der Waals surface area contributed by atoms with Gasteiger partial charge in [0.1, 0.15) is 5.75 Å². The Bertz CT molecular complexity index is 1550. The van der Waals surface area contributed by atoms with Gasteiger partial charge >= 0.3 is 0 Å². The zero-order chi connectivity index (χ0) is 27.1. The van der Waals surface area contributed by atoms with Gasteiger partial charge in [0.15, 0.2) is 5.11 Å². The van der Waals surface area contributed by atoms with Gasteiger partial charge in [0, 0.05) is 29.3 Å². The van der Waals surface area contributed by atoms with E-state index in [4.69, 9.17) is 17.0 Å². The lowest BCUT2D eigenvalue weighted by molar-refractivity contribution is -0.384. The molecule has 0 unspecified atom stereocenters. The highest BCUT2D eigenvalue weighted by Gasteiger charge is 2.42. The standard InChI is InChI=1S/C29H29N5O3S/c1-17-9-10-21(14-18(17)2)33-28(27(31-29(33)38)24-8-6-7-13-30-24)23-15-19(3)32(20(23)4)25-12-11-22(34(35)36)16-26(25)37-5/h6-16,27-28H,1-5H3,(H,31,38)/t27-,28+/m1/s1. The van der Waals surface area contributed by atoms with Gasteiger partial charge in [0.2, 0.25) is 0 Å². The van der Waals surface area contributed by atoms with Crippen LogP contribution in [0.15, 0.2) is 66.9 Å². The van der Waals surface area contributed by atoms with Crippen LogP contribution in [0.2, 0.25) is 0 Å². The average molecular weight is 528 g/mol. The van der Waals surface area contributed by atoms with E-state index in [1.165, 1.54) is 30.4 Å². The van der Waals surface area contributed by atoms with Crippen molar-refractivity contribution in [2.75, 3.05) is 12.0 Å². The van der Waals surface area contributed by atoms with Crippen LogP contribution < -0.4 is 15.0 Å². The highest BCUT2D eigenvalue weighted by Crippen LogP contribution is 2.44. The number of ether oxygens (including phenoxy) is 1. The zero-order valence-corrected chi connectivity index (χ0v) is 22.7. The molecular weight excluding hydrogens is 498 g/mol. The van der Waals surface area contributed by atoms with Crippen LogP contribution >= 0.6 is 12.2 Å². The molecule has 0 bridgehead atoms. The van der Waals surface area contributed by atoms with Crippen LogP contribution in [0.3, 0.4) is 0 Å². The number of nitrogens with zero attached hydrogens (tertiary/aromatic N) is 4. The summed E-state index contributed by atoms with van der Waals surface area (Å²) in [6.07, 6.45) is 1.79. The van der Waals surface area contributed by atoms with Gasteiger partial charge in [-0.25, -0.2) is 0 Å². The second-order valence-corrected chi connectivity index (χ2v) is 9.93. The quantitative estimate of drug-likeness (QED) is 0.182. The number of non-ortho nitro benzene ring substituents is 1. The molecule has 3 heterocycles. The SMILES string of the molecule is COc1cc([N+](=O)[O-])ccc1-n1c(C)cc([C@H]2[C@@H](c3ccccn3)NC(=S)N2c2ccc(C)c(C)c2)c1C. The van der Waals surface area contributed by atoms with Gasteiger partial charge < -0.3 is 19.5 Å². The van der Waals surface area contributed by atoms with Gasteiger partial charge in [-0.15, -0.1) is 0 Å². The first kappa shape index (κ1) is 25.4. The lowest BCUT2D eigenvalue weighted by Crippen LogP contribution is -2.29. The third-order valence-electron chi connectivity index (χ3n) is 7.27. The summed E-state index contributed by atoms with van der Waals surface area (Å²) in [5.74, 6) is 0.430. The molecule has 38 heavy (non-hydrogen) atoms. The summed E-state index contributed by atoms with van der Waals surface area (Å²) in [7, 11) is 1.52. The largest absolute Gasteiger partial charge is 0.494 e. The number of aromatic nitrogens is 2. The number of rotatable bonds is 6. The molecule has 1 N–H and O–H groups in total. The Hall–Kier alpha value is -4.24. The van der Waals surface area contributed by atoms with E-state index < -0.39 is 4.92 Å². The Balaban J connectivity index is 1.69. The normalized spacial score (nSPS) is 17.0. The molecular formula is C29H29N5O3S. The first-order valence-electron chi connectivity index (χ1n) is 12.3.